The first-order chi connectivity index (χ1) is 11.1. The van der Waals surface area contributed by atoms with E-state index in [1.807, 2.05) is 19.3 Å². The first kappa shape index (κ1) is 15.7. The highest BCUT2D eigenvalue weighted by Crippen LogP contribution is 2.19. The topological polar surface area (TPSA) is 59.4 Å². The third-order valence-electron chi connectivity index (χ3n) is 4.47. The molecule has 1 fully saturated rings. The number of anilines is 1. The molecule has 1 aliphatic heterocycles. The first-order valence-corrected chi connectivity index (χ1v) is 8.30. The van der Waals surface area contributed by atoms with Crippen molar-refractivity contribution in [2.45, 2.75) is 45.7 Å². The number of benzene rings is 1. The van der Waals surface area contributed by atoms with Crippen LogP contribution in [0.2, 0.25) is 0 Å². The maximum Gasteiger partial charge on any atom is 0.221 e. The van der Waals surface area contributed by atoms with Crippen molar-refractivity contribution in [3.8, 4) is 0 Å². The van der Waals surface area contributed by atoms with Gasteiger partial charge in [-0.3, -0.25) is 4.90 Å². The Morgan fingerprint density at radius 2 is 2.09 bits per heavy atom. The smallest absolute Gasteiger partial charge is 0.221 e. The molecule has 2 aromatic rings. The van der Waals surface area contributed by atoms with Crippen molar-refractivity contribution in [2.24, 2.45) is 5.10 Å². The SMILES string of the molecule is Cc1cn(N=Cc2ccc(CN3CCCCC3C)cc2)c(N)n1. The highest BCUT2D eigenvalue weighted by atomic mass is 15.4. The number of nitrogen functional groups attached to an aromatic ring is 1. The second kappa shape index (κ2) is 6.96. The lowest BCUT2D eigenvalue weighted by Crippen LogP contribution is -2.36. The van der Waals surface area contributed by atoms with E-state index in [-0.39, 0.29) is 0 Å². The Morgan fingerprint density at radius 1 is 1.30 bits per heavy atom. The number of nitrogens with zero attached hydrogens (tertiary/aromatic N) is 4. The van der Waals surface area contributed by atoms with Gasteiger partial charge < -0.3 is 5.73 Å². The molecule has 1 atom stereocenters. The van der Waals surface area contributed by atoms with Gasteiger partial charge >= 0.3 is 0 Å². The maximum atomic E-state index is 5.78. The minimum Gasteiger partial charge on any atom is -0.368 e. The number of likely N-dealkylation sites (tertiary alicyclic amines) is 1. The van der Waals surface area contributed by atoms with Crippen LogP contribution in [0.3, 0.4) is 0 Å². The van der Waals surface area contributed by atoms with Crippen molar-refractivity contribution >= 4 is 12.2 Å². The molecule has 0 spiro atoms. The summed E-state index contributed by atoms with van der Waals surface area (Å²) < 4.78 is 1.60. The molecule has 1 aliphatic rings. The van der Waals surface area contributed by atoms with Crippen LogP contribution in [0.5, 0.6) is 0 Å². The van der Waals surface area contributed by atoms with E-state index < -0.39 is 0 Å². The fraction of sp³-hybridized carbons (Fsp3) is 0.444. The molecule has 0 aliphatic carbocycles. The predicted molar refractivity (Wildman–Crippen MR) is 94.5 cm³/mol. The molecule has 122 valence electrons. The molecule has 2 heterocycles. The molecule has 0 amide bonds. The average molecular weight is 311 g/mol. The summed E-state index contributed by atoms with van der Waals surface area (Å²) in [6.45, 7) is 6.48. The largest absolute Gasteiger partial charge is 0.368 e. The molecule has 1 aromatic heterocycles. The first-order valence-electron chi connectivity index (χ1n) is 8.30. The maximum absolute atomic E-state index is 5.78. The van der Waals surface area contributed by atoms with Gasteiger partial charge in [0.15, 0.2) is 0 Å². The van der Waals surface area contributed by atoms with Crippen LogP contribution in [0.25, 0.3) is 0 Å². The summed E-state index contributed by atoms with van der Waals surface area (Å²) in [4.78, 5) is 6.70. The Hall–Kier alpha value is -2.14. The second-order valence-corrected chi connectivity index (χ2v) is 6.39. The van der Waals surface area contributed by atoms with Crippen LogP contribution in [0.1, 0.15) is 43.0 Å². The number of aryl methyl sites for hydroxylation is 1. The molecule has 5 heteroatoms. The van der Waals surface area contributed by atoms with E-state index in [1.165, 1.54) is 31.4 Å². The van der Waals surface area contributed by atoms with Crippen molar-refractivity contribution in [3.05, 3.63) is 47.3 Å². The fourth-order valence-corrected chi connectivity index (χ4v) is 3.06. The molecule has 0 bridgehead atoms. The summed E-state index contributed by atoms with van der Waals surface area (Å²) in [5.74, 6) is 0.412. The summed E-state index contributed by atoms with van der Waals surface area (Å²) in [7, 11) is 0. The fourth-order valence-electron chi connectivity index (χ4n) is 3.06. The lowest BCUT2D eigenvalue weighted by atomic mass is 10.0. The number of nitrogens with two attached hydrogens (primary N) is 1. The lowest BCUT2D eigenvalue weighted by Gasteiger charge is -2.33. The molecule has 1 saturated heterocycles. The molecule has 1 unspecified atom stereocenters. The number of rotatable bonds is 4. The minimum atomic E-state index is 0.412. The molecule has 23 heavy (non-hydrogen) atoms. The van der Waals surface area contributed by atoms with Crippen molar-refractivity contribution < 1.29 is 0 Å². The van der Waals surface area contributed by atoms with E-state index in [0.29, 0.717) is 12.0 Å². The highest BCUT2D eigenvalue weighted by molar-refractivity contribution is 5.79. The molecule has 5 nitrogen and oxygen atoms in total. The lowest BCUT2D eigenvalue weighted by molar-refractivity contribution is 0.152. The Morgan fingerprint density at radius 3 is 2.74 bits per heavy atom. The van der Waals surface area contributed by atoms with Gasteiger partial charge in [-0.05, 0) is 44.4 Å². The summed E-state index contributed by atoms with van der Waals surface area (Å²) >= 11 is 0. The summed E-state index contributed by atoms with van der Waals surface area (Å²) in [5, 5.41) is 4.35. The molecular formula is C18H25N5. The van der Waals surface area contributed by atoms with Gasteiger partial charge in [-0.15, -0.1) is 0 Å². The highest BCUT2D eigenvalue weighted by Gasteiger charge is 2.17. The number of imidazole rings is 1. The van der Waals surface area contributed by atoms with Gasteiger partial charge in [-0.2, -0.15) is 5.10 Å². The summed E-state index contributed by atoms with van der Waals surface area (Å²) in [6, 6.07) is 9.27. The normalized spacial score (nSPS) is 19.5. The zero-order valence-corrected chi connectivity index (χ0v) is 13.9. The van der Waals surface area contributed by atoms with Crippen molar-refractivity contribution in [1.29, 1.82) is 0 Å². The Kier molecular flexibility index (Phi) is 4.76. The Labute approximate surface area is 137 Å². The number of hydrogen-bond donors (Lipinski definition) is 1. The van der Waals surface area contributed by atoms with Gasteiger partial charge in [0.2, 0.25) is 5.95 Å². The van der Waals surface area contributed by atoms with E-state index in [1.54, 1.807) is 4.68 Å². The quantitative estimate of drug-likeness (QED) is 0.883. The van der Waals surface area contributed by atoms with Gasteiger partial charge in [-0.25, -0.2) is 9.66 Å². The van der Waals surface area contributed by atoms with Gasteiger partial charge in [0, 0.05) is 12.6 Å². The standard InChI is InChI=1S/C18H25N5/c1-14-12-23(18(19)21-14)20-11-16-6-8-17(9-7-16)13-22-10-4-3-5-15(22)2/h6-9,11-12,15H,3-5,10,13H2,1-2H3,(H2,19,21). The van der Waals surface area contributed by atoms with Gasteiger partial charge in [-0.1, -0.05) is 30.7 Å². The van der Waals surface area contributed by atoms with Crippen LogP contribution >= 0.6 is 0 Å². The van der Waals surface area contributed by atoms with Gasteiger partial charge in [0.25, 0.3) is 0 Å². The van der Waals surface area contributed by atoms with Gasteiger partial charge in [0.05, 0.1) is 18.1 Å². The van der Waals surface area contributed by atoms with Crippen molar-refractivity contribution in [2.75, 3.05) is 12.3 Å². The third-order valence-corrected chi connectivity index (χ3v) is 4.47. The minimum absolute atomic E-state index is 0.412. The predicted octanol–water partition coefficient (Wildman–Crippen LogP) is 3.03. The van der Waals surface area contributed by atoms with Crippen LogP contribution in [-0.2, 0) is 6.54 Å². The van der Waals surface area contributed by atoms with Crippen LogP contribution < -0.4 is 5.73 Å². The molecule has 0 radical (unpaired) electrons. The molecule has 3 rings (SSSR count). The Bertz CT molecular complexity index is 671. The van der Waals surface area contributed by atoms with Crippen LogP contribution in [0, 0.1) is 6.92 Å². The van der Waals surface area contributed by atoms with Crippen LogP contribution in [-0.4, -0.2) is 33.4 Å². The average Bonchev–Trinajstić information content (AvgIpc) is 2.87. The number of aromatic nitrogens is 2. The second-order valence-electron chi connectivity index (χ2n) is 6.39. The van der Waals surface area contributed by atoms with E-state index in [9.17, 15) is 0 Å². The monoisotopic (exact) mass is 311 g/mol. The van der Waals surface area contributed by atoms with Crippen molar-refractivity contribution in [1.82, 2.24) is 14.6 Å². The van der Waals surface area contributed by atoms with Crippen molar-refractivity contribution in [3.63, 3.8) is 0 Å². The molecule has 0 saturated carbocycles. The zero-order chi connectivity index (χ0) is 16.2. The van der Waals surface area contributed by atoms with E-state index >= 15 is 0 Å². The number of piperidine rings is 1. The summed E-state index contributed by atoms with van der Waals surface area (Å²) in [6.07, 6.45) is 7.63. The third kappa shape index (κ3) is 3.99. The molecule has 2 N–H and O–H groups in total. The number of hydrogen-bond acceptors (Lipinski definition) is 4. The summed E-state index contributed by atoms with van der Waals surface area (Å²) in [5.41, 5.74) is 9.06. The van der Waals surface area contributed by atoms with E-state index in [0.717, 1.165) is 17.8 Å². The molecular weight excluding hydrogens is 286 g/mol. The van der Waals surface area contributed by atoms with E-state index in [4.69, 9.17) is 5.73 Å². The van der Waals surface area contributed by atoms with Crippen LogP contribution in [0.4, 0.5) is 5.95 Å². The van der Waals surface area contributed by atoms with E-state index in [2.05, 4.69) is 46.2 Å². The van der Waals surface area contributed by atoms with Crippen LogP contribution in [0.15, 0.2) is 35.6 Å². The zero-order valence-electron chi connectivity index (χ0n) is 13.9. The molecule has 1 aromatic carbocycles. The Balaban J connectivity index is 1.63. The van der Waals surface area contributed by atoms with Gasteiger partial charge in [0.1, 0.15) is 0 Å².